The van der Waals surface area contributed by atoms with Crippen LogP contribution in [0.15, 0.2) is 47.4 Å². The predicted octanol–water partition coefficient (Wildman–Crippen LogP) is 4.90. The molecule has 20 heavy (non-hydrogen) atoms. The van der Waals surface area contributed by atoms with E-state index < -0.39 is 5.60 Å². The Kier molecular flexibility index (Phi) is 5.69. The second-order valence-electron chi connectivity index (χ2n) is 5.73. The Balaban J connectivity index is 2.91. The van der Waals surface area contributed by atoms with Crippen molar-refractivity contribution >= 4 is 18.0 Å². The second kappa shape index (κ2) is 6.84. The summed E-state index contributed by atoms with van der Waals surface area (Å²) in [6.07, 6.45) is -0.346. The lowest BCUT2D eigenvalue weighted by atomic mass is 10.2. The summed E-state index contributed by atoms with van der Waals surface area (Å²) in [6.45, 7) is 13.4. The highest BCUT2D eigenvalue weighted by Gasteiger charge is 2.27. The smallest absolute Gasteiger partial charge is 0.421 e. The number of benzene rings is 1. The molecule has 1 aromatic rings. The van der Waals surface area contributed by atoms with Gasteiger partial charge in [-0.1, -0.05) is 30.4 Å². The molecule has 0 aliphatic carbocycles. The molecule has 1 aromatic carbocycles. The molecule has 1 unspecified atom stereocenters. The highest BCUT2D eigenvalue weighted by Crippen LogP contribution is 2.28. The zero-order valence-electron chi connectivity index (χ0n) is 12.8. The average Bonchev–Trinajstić information content (AvgIpc) is 2.34. The monoisotopic (exact) mass is 293 g/mol. The zero-order chi connectivity index (χ0) is 15.3. The van der Waals surface area contributed by atoms with Gasteiger partial charge >= 0.3 is 6.09 Å². The molecule has 0 saturated heterocycles. The van der Waals surface area contributed by atoms with Crippen LogP contribution in [0, 0.1) is 0 Å². The summed E-state index contributed by atoms with van der Waals surface area (Å²) in [6, 6.07) is 9.67. The first-order valence-corrected chi connectivity index (χ1v) is 7.38. The van der Waals surface area contributed by atoms with Crippen molar-refractivity contribution in [1.82, 2.24) is 4.31 Å². The number of carbonyl (C=O) groups is 1. The average molecular weight is 293 g/mol. The Bertz CT molecular complexity index is 465. The summed E-state index contributed by atoms with van der Waals surface area (Å²) in [5, 5.41) is 0. The maximum atomic E-state index is 12.4. The quantitative estimate of drug-likeness (QED) is 0.584. The zero-order valence-corrected chi connectivity index (χ0v) is 13.7. The molecule has 0 spiro atoms. The lowest BCUT2D eigenvalue weighted by molar-refractivity contribution is 0.0380. The molecular formula is C16H23NO2S. The van der Waals surface area contributed by atoms with Crippen LogP contribution in [0.1, 0.15) is 34.6 Å². The molecule has 0 aliphatic heterocycles. The third kappa shape index (κ3) is 5.29. The normalized spacial score (nSPS) is 12.7. The minimum absolute atomic E-state index is 0.102. The molecule has 0 N–H and O–H groups in total. The first-order chi connectivity index (χ1) is 9.20. The van der Waals surface area contributed by atoms with E-state index in [0.29, 0.717) is 0 Å². The summed E-state index contributed by atoms with van der Waals surface area (Å²) >= 11 is 1.37. The molecule has 0 fully saturated rings. The summed E-state index contributed by atoms with van der Waals surface area (Å²) in [4.78, 5) is 13.3. The first kappa shape index (κ1) is 16.6. The number of carbonyl (C=O) groups excluding carboxylic acids is 1. The van der Waals surface area contributed by atoms with Crippen molar-refractivity contribution in [1.29, 1.82) is 0 Å². The van der Waals surface area contributed by atoms with Crippen molar-refractivity contribution in [3.05, 3.63) is 42.5 Å². The minimum Gasteiger partial charge on any atom is -0.443 e. The van der Waals surface area contributed by atoms with E-state index in [-0.39, 0.29) is 12.1 Å². The number of rotatable bonds is 4. The summed E-state index contributed by atoms with van der Waals surface area (Å²) in [5.41, 5.74) is 0.403. The first-order valence-electron chi connectivity index (χ1n) is 6.61. The lowest BCUT2D eigenvalue weighted by Gasteiger charge is -2.30. The van der Waals surface area contributed by atoms with Crippen molar-refractivity contribution < 1.29 is 9.53 Å². The topological polar surface area (TPSA) is 29.5 Å². The van der Waals surface area contributed by atoms with Crippen LogP contribution in [0.2, 0.25) is 0 Å². The van der Waals surface area contributed by atoms with Crippen molar-refractivity contribution in [2.24, 2.45) is 0 Å². The predicted molar refractivity (Wildman–Crippen MR) is 84.6 cm³/mol. The third-order valence-corrected chi connectivity index (χ3v) is 3.73. The number of ether oxygens (including phenoxy) is 1. The Morgan fingerprint density at radius 1 is 1.30 bits per heavy atom. The van der Waals surface area contributed by atoms with Gasteiger partial charge in [0.2, 0.25) is 0 Å². The van der Waals surface area contributed by atoms with Crippen LogP contribution in [-0.2, 0) is 4.74 Å². The molecule has 0 radical (unpaired) electrons. The van der Waals surface area contributed by atoms with E-state index in [9.17, 15) is 4.79 Å². The van der Waals surface area contributed by atoms with Gasteiger partial charge in [0, 0.05) is 4.90 Å². The largest absolute Gasteiger partial charge is 0.443 e. The van der Waals surface area contributed by atoms with E-state index in [1.165, 1.54) is 11.9 Å². The van der Waals surface area contributed by atoms with Crippen LogP contribution < -0.4 is 0 Å². The number of amides is 1. The van der Waals surface area contributed by atoms with Gasteiger partial charge in [-0.05, 0) is 58.7 Å². The van der Waals surface area contributed by atoms with Gasteiger partial charge in [-0.15, -0.1) is 0 Å². The van der Waals surface area contributed by atoms with Crippen molar-refractivity contribution in [2.75, 3.05) is 0 Å². The van der Waals surface area contributed by atoms with Crippen molar-refractivity contribution in [3.63, 3.8) is 0 Å². The molecule has 110 valence electrons. The molecule has 0 aromatic heterocycles. The lowest BCUT2D eigenvalue weighted by Crippen LogP contribution is -2.38. The highest BCUT2D eigenvalue weighted by atomic mass is 32.2. The molecular weight excluding hydrogens is 270 g/mol. The molecule has 3 nitrogen and oxygen atoms in total. The van der Waals surface area contributed by atoms with Gasteiger partial charge in [0.15, 0.2) is 0 Å². The van der Waals surface area contributed by atoms with Crippen LogP contribution >= 0.6 is 11.9 Å². The Morgan fingerprint density at radius 3 is 2.30 bits per heavy atom. The van der Waals surface area contributed by atoms with Crippen LogP contribution in [0.4, 0.5) is 4.79 Å². The van der Waals surface area contributed by atoms with Crippen molar-refractivity contribution in [2.45, 2.75) is 51.2 Å². The third-order valence-electron chi connectivity index (χ3n) is 2.59. The Labute approximate surface area is 126 Å². The number of hydrogen-bond donors (Lipinski definition) is 0. The van der Waals surface area contributed by atoms with Gasteiger partial charge in [-0.3, -0.25) is 0 Å². The van der Waals surface area contributed by atoms with Crippen molar-refractivity contribution in [3.8, 4) is 0 Å². The van der Waals surface area contributed by atoms with Crippen LogP contribution in [0.3, 0.4) is 0 Å². The van der Waals surface area contributed by atoms with E-state index in [1.54, 1.807) is 4.31 Å². The fourth-order valence-corrected chi connectivity index (χ4v) is 2.33. The summed E-state index contributed by atoms with van der Waals surface area (Å²) in [7, 11) is 0. The maximum absolute atomic E-state index is 12.4. The molecule has 1 atom stereocenters. The van der Waals surface area contributed by atoms with Gasteiger partial charge in [0.1, 0.15) is 5.60 Å². The second-order valence-corrected chi connectivity index (χ2v) is 6.78. The Hall–Kier alpha value is -1.42. The van der Waals surface area contributed by atoms with Gasteiger partial charge in [0.25, 0.3) is 0 Å². The van der Waals surface area contributed by atoms with Gasteiger partial charge in [-0.25, -0.2) is 9.10 Å². The van der Waals surface area contributed by atoms with Crippen LogP contribution in [0.25, 0.3) is 0 Å². The fraction of sp³-hybridized carbons (Fsp3) is 0.438. The number of nitrogens with zero attached hydrogens (tertiary/aromatic N) is 1. The van der Waals surface area contributed by atoms with Crippen LogP contribution in [0.5, 0.6) is 0 Å². The molecule has 1 amide bonds. The van der Waals surface area contributed by atoms with E-state index in [1.807, 2.05) is 65.0 Å². The van der Waals surface area contributed by atoms with E-state index in [4.69, 9.17) is 4.74 Å². The Morgan fingerprint density at radius 2 is 1.85 bits per heavy atom. The SMILES string of the molecule is C=C(C)C(C)N(Sc1ccccc1)C(=O)OC(C)(C)C. The van der Waals surface area contributed by atoms with E-state index >= 15 is 0 Å². The minimum atomic E-state index is -0.513. The molecule has 0 saturated carbocycles. The summed E-state index contributed by atoms with van der Waals surface area (Å²) < 4.78 is 7.10. The molecule has 0 bridgehead atoms. The van der Waals surface area contributed by atoms with E-state index in [0.717, 1.165) is 10.5 Å². The molecule has 0 aliphatic rings. The maximum Gasteiger partial charge on any atom is 0.421 e. The highest BCUT2D eigenvalue weighted by molar-refractivity contribution is 7.97. The summed E-state index contributed by atoms with van der Waals surface area (Å²) in [5.74, 6) is 0. The molecule has 4 heteroatoms. The van der Waals surface area contributed by atoms with Gasteiger partial charge in [0.05, 0.1) is 6.04 Å². The van der Waals surface area contributed by atoms with Gasteiger partial charge < -0.3 is 4.74 Å². The van der Waals surface area contributed by atoms with E-state index in [2.05, 4.69) is 6.58 Å². The number of hydrogen-bond acceptors (Lipinski definition) is 3. The van der Waals surface area contributed by atoms with Crippen LogP contribution in [-0.4, -0.2) is 22.0 Å². The molecule has 0 heterocycles. The standard InChI is InChI=1S/C16H23NO2S/c1-12(2)13(3)17(15(18)19-16(4,5)6)20-14-10-8-7-9-11-14/h7-11,13H,1H2,2-6H3. The van der Waals surface area contributed by atoms with Gasteiger partial charge in [-0.2, -0.15) is 0 Å². The molecule has 1 rings (SSSR count). The fourth-order valence-electron chi connectivity index (χ4n) is 1.38.